The summed E-state index contributed by atoms with van der Waals surface area (Å²) in [6.45, 7) is 3.11. The minimum Gasteiger partial charge on any atom is -0.480 e. The average molecular weight is 219 g/mol. The number of carboxylic acid groups (broad SMARTS) is 1. The number of carboxylic acids is 1. The summed E-state index contributed by atoms with van der Waals surface area (Å²) in [7, 11) is 0. The maximum Gasteiger partial charge on any atom is 0.317 e. The van der Waals surface area contributed by atoms with Crippen molar-refractivity contribution in [3.63, 3.8) is 0 Å². The molecule has 16 heavy (non-hydrogen) atoms. The fourth-order valence-electron chi connectivity index (χ4n) is 2.44. The van der Waals surface area contributed by atoms with Crippen LogP contribution in [0.15, 0.2) is 24.3 Å². The molecule has 1 fully saturated rings. The third-order valence-electron chi connectivity index (χ3n) is 3.13. The average Bonchev–Trinajstić information content (AvgIpc) is 2.65. The van der Waals surface area contributed by atoms with E-state index in [-0.39, 0.29) is 12.6 Å². The van der Waals surface area contributed by atoms with Gasteiger partial charge in [-0.05, 0) is 31.9 Å². The quantitative estimate of drug-likeness (QED) is 0.847. The highest BCUT2D eigenvalue weighted by atomic mass is 16.4. The van der Waals surface area contributed by atoms with Gasteiger partial charge in [0.1, 0.15) is 0 Å². The van der Waals surface area contributed by atoms with E-state index in [9.17, 15) is 4.79 Å². The fourth-order valence-corrected chi connectivity index (χ4v) is 2.44. The second-order valence-electron chi connectivity index (χ2n) is 4.44. The molecule has 2 rings (SSSR count). The van der Waals surface area contributed by atoms with Crippen LogP contribution in [-0.4, -0.2) is 29.1 Å². The van der Waals surface area contributed by atoms with Crippen molar-refractivity contribution in [1.29, 1.82) is 0 Å². The first-order valence-electron chi connectivity index (χ1n) is 5.69. The molecule has 0 bridgehead atoms. The van der Waals surface area contributed by atoms with E-state index >= 15 is 0 Å². The number of rotatable bonds is 3. The fraction of sp³-hybridized carbons (Fsp3) is 0.462. The third kappa shape index (κ3) is 2.42. The van der Waals surface area contributed by atoms with Gasteiger partial charge in [0.2, 0.25) is 0 Å². The lowest BCUT2D eigenvalue weighted by atomic mass is 10.0. The highest BCUT2D eigenvalue weighted by Crippen LogP contribution is 2.31. The van der Waals surface area contributed by atoms with Gasteiger partial charge in [0.15, 0.2) is 0 Å². The smallest absolute Gasteiger partial charge is 0.317 e. The summed E-state index contributed by atoms with van der Waals surface area (Å²) in [5.41, 5.74) is 2.48. The van der Waals surface area contributed by atoms with E-state index in [1.165, 1.54) is 11.1 Å². The Morgan fingerprint density at radius 2 is 2.38 bits per heavy atom. The van der Waals surface area contributed by atoms with E-state index in [0.29, 0.717) is 0 Å². The van der Waals surface area contributed by atoms with Crippen LogP contribution in [0.5, 0.6) is 0 Å². The van der Waals surface area contributed by atoms with Crippen molar-refractivity contribution < 1.29 is 9.90 Å². The highest BCUT2D eigenvalue weighted by molar-refractivity contribution is 5.69. The van der Waals surface area contributed by atoms with E-state index in [2.05, 4.69) is 30.0 Å². The van der Waals surface area contributed by atoms with E-state index in [4.69, 9.17) is 5.11 Å². The van der Waals surface area contributed by atoms with Crippen LogP contribution in [0.1, 0.15) is 30.0 Å². The third-order valence-corrected chi connectivity index (χ3v) is 3.13. The lowest BCUT2D eigenvalue weighted by Gasteiger charge is -2.23. The zero-order valence-electron chi connectivity index (χ0n) is 9.52. The molecule has 0 amide bonds. The summed E-state index contributed by atoms with van der Waals surface area (Å²) in [5.74, 6) is -0.737. The molecule has 0 radical (unpaired) electrons. The van der Waals surface area contributed by atoms with Gasteiger partial charge in [-0.25, -0.2) is 0 Å². The van der Waals surface area contributed by atoms with Gasteiger partial charge in [-0.2, -0.15) is 0 Å². The number of aryl methyl sites for hydroxylation is 1. The Hall–Kier alpha value is -1.35. The van der Waals surface area contributed by atoms with Crippen LogP contribution < -0.4 is 0 Å². The number of hydrogen-bond acceptors (Lipinski definition) is 2. The molecule has 1 saturated heterocycles. The first-order valence-corrected chi connectivity index (χ1v) is 5.69. The standard InChI is InChI=1S/C13H17NO2/c1-10-4-2-5-11(8-10)12-6-3-7-14(12)9-13(15)16/h2,4-5,8,12H,3,6-7,9H2,1H3,(H,15,16). The summed E-state index contributed by atoms with van der Waals surface area (Å²) >= 11 is 0. The molecule has 0 spiro atoms. The molecule has 0 aliphatic carbocycles. The molecule has 86 valence electrons. The number of nitrogens with zero attached hydrogens (tertiary/aromatic N) is 1. The van der Waals surface area contributed by atoms with Crippen molar-refractivity contribution in [2.75, 3.05) is 13.1 Å². The van der Waals surface area contributed by atoms with E-state index in [0.717, 1.165) is 19.4 Å². The molecule has 1 unspecified atom stereocenters. The Balaban J connectivity index is 2.16. The van der Waals surface area contributed by atoms with Gasteiger partial charge in [-0.1, -0.05) is 29.8 Å². The summed E-state index contributed by atoms with van der Waals surface area (Å²) in [5, 5.41) is 8.85. The summed E-state index contributed by atoms with van der Waals surface area (Å²) < 4.78 is 0. The zero-order valence-corrected chi connectivity index (χ0v) is 9.52. The van der Waals surface area contributed by atoms with Gasteiger partial charge in [-0.15, -0.1) is 0 Å². The lowest BCUT2D eigenvalue weighted by molar-refractivity contribution is -0.138. The molecule has 1 aliphatic heterocycles. The first kappa shape index (κ1) is 11.1. The molecule has 0 saturated carbocycles. The molecule has 1 N–H and O–H groups in total. The van der Waals surface area contributed by atoms with Crippen molar-refractivity contribution in [2.45, 2.75) is 25.8 Å². The Labute approximate surface area is 95.7 Å². The van der Waals surface area contributed by atoms with Crippen molar-refractivity contribution in [3.8, 4) is 0 Å². The largest absolute Gasteiger partial charge is 0.480 e. The molecule has 0 aromatic heterocycles. The van der Waals surface area contributed by atoms with Crippen LogP contribution in [0.2, 0.25) is 0 Å². The predicted octanol–water partition coefficient (Wildman–Crippen LogP) is 2.22. The van der Waals surface area contributed by atoms with Gasteiger partial charge in [0.05, 0.1) is 6.54 Å². The second-order valence-corrected chi connectivity index (χ2v) is 4.44. The van der Waals surface area contributed by atoms with Crippen LogP contribution in [0.25, 0.3) is 0 Å². The molecular weight excluding hydrogens is 202 g/mol. The minimum absolute atomic E-state index is 0.151. The molecule has 1 aromatic carbocycles. The van der Waals surface area contributed by atoms with Gasteiger partial charge < -0.3 is 5.11 Å². The van der Waals surface area contributed by atoms with Crippen LogP contribution in [-0.2, 0) is 4.79 Å². The van der Waals surface area contributed by atoms with Gasteiger partial charge in [-0.3, -0.25) is 9.69 Å². The van der Waals surface area contributed by atoms with Crippen LogP contribution in [0, 0.1) is 6.92 Å². The molecule has 3 heteroatoms. The number of hydrogen-bond donors (Lipinski definition) is 1. The predicted molar refractivity (Wildman–Crippen MR) is 62.4 cm³/mol. The van der Waals surface area contributed by atoms with E-state index < -0.39 is 5.97 Å². The molecule has 1 heterocycles. The van der Waals surface area contributed by atoms with E-state index in [1.54, 1.807) is 0 Å². The van der Waals surface area contributed by atoms with Crippen LogP contribution in [0.4, 0.5) is 0 Å². The summed E-state index contributed by atoms with van der Waals surface area (Å²) in [6.07, 6.45) is 2.16. The normalized spacial score (nSPS) is 21.2. The Morgan fingerprint density at radius 1 is 1.56 bits per heavy atom. The number of carbonyl (C=O) groups is 1. The molecule has 3 nitrogen and oxygen atoms in total. The molecular formula is C13H17NO2. The number of benzene rings is 1. The molecule has 1 aliphatic rings. The van der Waals surface area contributed by atoms with Crippen LogP contribution in [0.3, 0.4) is 0 Å². The Morgan fingerprint density at radius 3 is 3.06 bits per heavy atom. The SMILES string of the molecule is Cc1cccc(C2CCCN2CC(=O)O)c1. The van der Waals surface area contributed by atoms with Crippen LogP contribution >= 0.6 is 0 Å². The van der Waals surface area contributed by atoms with Crippen molar-refractivity contribution >= 4 is 5.97 Å². The first-order chi connectivity index (χ1) is 7.66. The second kappa shape index (κ2) is 4.66. The van der Waals surface area contributed by atoms with Gasteiger partial charge in [0, 0.05) is 6.04 Å². The topological polar surface area (TPSA) is 40.5 Å². The Kier molecular flexibility index (Phi) is 3.25. The molecule has 1 atom stereocenters. The molecule has 1 aromatic rings. The van der Waals surface area contributed by atoms with Gasteiger partial charge in [0.25, 0.3) is 0 Å². The van der Waals surface area contributed by atoms with Gasteiger partial charge >= 0.3 is 5.97 Å². The summed E-state index contributed by atoms with van der Waals surface area (Å²) in [4.78, 5) is 12.8. The maximum absolute atomic E-state index is 10.8. The van der Waals surface area contributed by atoms with Crippen molar-refractivity contribution in [3.05, 3.63) is 35.4 Å². The lowest BCUT2D eigenvalue weighted by Crippen LogP contribution is -2.29. The number of likely N-dealkylation sites (tertiary alicyclic amines) is 1. The van der Waals surface area contributed by atoms with E-state index in [1.807, 2.05) is 6.07 Å². The Bertz CT molecular complexity index is 389. The monoisotopic (exact) mass is 219 g/mol. The minimum atomic E-state index is -0.737. The van der Waals surface area contributed by atoms with Crippen molar-refractivity contribution in [2.24, 2.45) is 0 Å². The number of aliphatic carboxylic acids is 1. The highest BCUT2D eigenvalue weighted by Gasteiger charge is 2.27. The zero-order chi connectivity index (χ0) is 11.5. The summed E-state index contributed by atoms with van der Waals surface area (Å²) in [6, 6.07) is 8.65. The maximum atomic E-state index is 10.8. The van der Waals surface area contributed by atoms with Crippen molar-refractivity contribution in [1.82, 2.24) is 4.90 Å².